The molecule has 0 saturated heterocycles. The van der Waals surface area contributed by atoms with E-state index in [0.29, 0.717) is 23.1 Å². The van der Waals surface area contributed by atoms with Crippen molar-refractivity contribution in [3.05, 3.63) is 63.4 Å². The summed E-state index contributed by atoms with van der Waals surface area (Å²) in [6.45, 7) is 3.10. The van der Waals surface area contributed by atoms with Crippen LogP contribution in [0.1, 0.15) is 23.0 Å². The molecule has 1 atom stereocenters. The molecule has 0 aliphatic heterocycles. The van der Waals surface area contributed by atoms with E-state index >= 15 is 0 Å². The van der Waals surface area contributed by atoms with Crippen LogP contribution < -0.4 is 5.73 Å². The van der Waals surface area contributed by atoms with Gasteiger partial charge in [0.15, 0.2) is 0 Å². The maximum atomic E-state index is 6.29. The van der Waals surface area contributed by atoms with Crippen molar-refractivity contribution in [2.45, 2.75) is 19.5 Å². The van der Waals surface area contributed by atoms with Crippen LogP contribution in [-0.2, 0) is 6.54 Å². The number of halogens is 2. The zero-order valence-electron chi connectivity index (χ0n) is 12.2. The number of pyridine rings is 1. The first kappa shape index (κ1) is 16.2. The van der Waals surface area contributed by atoms with Gasteiger partial charge in [0.05, 0.1) is 11.7 Å². The van der Waals surface area contributed by atoms with E-state index in [0.717, 1.165) is 17.0 Å². The molecule has 0 fully saturated rings. The SMILES string of the molecule is Cc1cccc(CN(C)C(CN)c2c(Cl)cccc2Cl)n1. The molecule has 1 heterocycles. The van der Waals surface area contributed by atoms with E-state index in [1.807, 2.05) is 50.4 Å². The van der Waals surface area contributed by atoms with Crippen LogP contribution in [0.4, 0.5) is 0 Å². The molecule has 0 radical (unpaired) electrons. The van der Waals surface area contributed by atoms with Gasteiger partial charge in [-0.2, -0.15) is 0 Å². The standard InChI is InChI=1S/C16H19Cl2N3/c1-11-5-3-6-12(20-11)10-21(2)15(9-19)16-13(17)7-4-8-14(16)18/h3-8,15H,9-10,19H2,1-2H3. The smallest absolute Gasteiger partial charge is 0.0547 e. The van der Waals surface area contributed by atoms with Crippen molar-refractivity contribution < 1.29 is 0 Å². The molecule has 0 saturated carbocycles. The van der Waals surface area contributed by atoms with Crippen molar-refractivity contribution >= 4 is 23.2 Å². The van der Waals surface area contributed by atoms with E-state index in [9.17, 15) is 0 Å². The summed E-state index contributed by atoms with van der Waals surface area (Å²) >= 11 is 12.6. The minimum Gasteiger partial charge on any atom is -0.329 e. The highest BCUT2D eigenvalue weighted by molar-refractivity contribution is 6.36. The van der Waals surface area contributed by atoms with E-state index in [2.05, 4.69) is 9.88 Å². The molecule has 1 aromatic heterocycles. The molecule has 112 valence electrons. The summed E-state index contributed by atoms with van der Waals surface area (Å²) in [6.07, 6.45) is 0. The molecule has 0 bridgehead atoms. The fourth-order valence-electron chi connectivity index (χ4n) is 2.40. The largest absolute Gasteiger partial charge is 0.329 e. The van der Waals surface area contributed by atoms with Gasteiger partial charge in [-0.1, -0.05) is 35.3 Å². The molecular formula is C16H19Cl2N3. The quantitative estimate of drug-likeness (QED) is 0.909. The Morgan fingerprint density at radius 1 is 1.14 bits per heavy atom. The molecule has 0 aliphatic carbocycles. The summed E-state index contributed by atoms with van der Waals surface area (Å²) in [6, 6.07) is 11.5. The van der Waals surface area contributed by atoms with Crippen LogP contribution in [0.3, 0.4) is 0 Å². The Kier molecular flexibility index (Phi) is 5.59. The van der Waals surface area contributed by atoms with Crippen molar-refractivity contribution in [3.8, 4) is 0 Å². The number of likely N-dealkylation sites (N-methyl/N-ethyl adjacent to an activating group) is 1. The van der Waals surface area contributed by atoms with E-state index < -0.39 is 0 Å². The summed E-state index contributed by atoms with van der Waals surface area (Å²) in [5.74, 6) is 0. The Bertz CT molecular complexity index is 596. The molecule has 0 spiro atoms. The van der Waals surface area contributed by atoms with Crippen molar-refractivity contribution in [2.24, 2.45) is 5.73 Å². The number of nitrogens with zero attached hydrogens (tertiary/aromatic N) is 2. The van der Waals surface area contributed by atoms with E-state index in [-0.39, 0.29) is 6.04 Å². The Morgan fingerprint density at radius 2 is 1.76 bits per heavy atom. The van der Waals surface area contributed by atoms with Crippen LogP contribution in [0.15, 0.2) is 36.4 Å². The average molecular weight is 324 g/mol. The fraction of sp³-hybridized carbons (Fsp3) is 0.312. The molecule has 2 rings (SSSR count). The van der Waals surface area contributed by atoms with E-state index in [1.54, 1.807) is 0 Å². The number of aryl methyl sites for hydroxylation is 1. The van der Waals surface area contributed by atoms with Gasteiger partial charge in [0.2, 0.25) is 0 Å². The maximum absolute atomic E-state index is 6.29. The third-order valence-corrected chi connectivity index (χ3v) is 4.10. The van der Waals surface area contributed by atoms with E-state index in [1.165, 1.54) is 0 Å². The van der Waals surface area contributed by atoms with Crippen LogP contribution in [0.2, 0.25) is 10.0 Å². The lowest BCUT2D eigenvalue weighted by atomic mass is 10.1. The van der Waals surface area contributed by atoms with Gasteiger partial charge < -0.3 is 5.73 Å². The van der Waals surface area contributed by atoms with Gasteiger partial charge in [0.1, 0.15) is 0 Å². The van der Waals surface area contributed by atoms with Gasteiger partial charge in [-0.15, -0.1) is 0 Å². The first-order valence-electron chi connectivity index (χ1n) is 6.79. The second kappa shape index (κ2) is 7.23. The molecule has 1 unspecified atom stereocenters. The van der Waals surface area contributed by atoms with Gasteiger partial charge in [0.25, 0.3) is 0 Å². The van der Waals surface area contributed by atoms with Crippen molar-refractivity contribution in [1.29, 1.82) is 0 Å². The third kappa shape index (κ3) is 3.95. The van der Waals surface area contributed by atoms with Crippen molar-refractivity contribution in [3.63, 3.8) is 0 Å². The van der Waals surface area contributed by atoms with Gasteiger partial charge >= 0.3 is 0 Å². The Labute approximate surface area is 135 Å². The first-order valence-corrected chi connectivity index (χ1v) is 7.55. The lowest BCUT2D eigenvalue weighted by Gasteiger charge is -2.28. The first-order chi connectivity index (χ1) is 10.0. The molecule has 1 aromatic carbocycles. The highest BCUT2D eigenvalue weighted by Crippen LogP contribution is 2.33. The normalized spacial score (nSPS) is 12.7. The summed E-state index contributed by atoms with van der Waals surface area (Å²) in [4.78, 5) is 6.64. The number of hydrogen-bond acceptors (Lipinski definition) is 3. The average Bonchev–Trinajstić information content (AvgIpc) is 2.43. The second-order valence-corrected chi connectivity index (χ2v) is 5.89. The Balaban J connectivity index is 2.25. The second-order valence-electron chi connectivity index (χ2n) is 5.07. The van der Waals surface area contributed by atoms with E-state index in [4.69, 9.17) is 28.9 Å². The molecule has 2 N–H and O–H groups in total. The minimum atomic E-state index is -0.0477. The van der Waals surface area contributed by atoms with Crippen LogP contribution in [0, 0.1) is 6.92 Å². The summed E-state index contributed by atoms with van der Waals surface area (Å²) < 4.78 is 0. The number of benzene rings is 1. The molecular weight excluding hydrogens is 305 g/mol. The number of aromatic nitrogens is 1. The van der Waals surface area contributed by atoms with Crippen LogP contribution in [0.25, 0.3) is 0 Å². The number of hydrogen-bond donors (Lipinski definition) is 1. The van der Waals surface area contributed by atoms with Gasteiger partial charge in [-0.25, -0.2) is 0 Å². The molecule has 5 heteroatoms. The predicted octanol–water partition coefficient (Wildman–Crippen LogP) is 3.83. The third-order valence-electron chi connectivity index (χ3n) is 3.45. The summed E-state index contributed by atoms with van der Waals surface area (Å²) in [5, 5.41) is 1.28. The van der Waals surface area contributed by atoms with Crippen LogP contribution in [0.5, 0.6) is 0 Å². The highest BCUT2D eigenvalue weighted by atomic mass is 35.5. The molecule has 0 aliphatic rings. The van der Waals surface area contributed by atoms with Crippen molar-refractivity contribution in [2.75, 3.05) is 13.6 Å². The zero-order chi connectivity index (χ0) is 15.4. The molecule has 3 nitrogen and oxygen atoms in total. The monoisotopic (exact) mass is 323 g/mol. The molecule has 0 amide bonds. The lowest BCUT2D eigenvalue weighted by Crippen LogP contribution is -2.31. The predicted molar refractivity (Wildman–Crippen MR) is 88.7 cm³/mol. The number of nitrogens with two attached hydrogens (primary N) is 1. The van der Waals surface area contributed by atoms with Gasteiger partial charge in [-0.05, 0) is 38.2 Å². The lowest BCUT2D eigenvalue weighted by molar-refractivity contribution is 0.239. The Morgan fingerprint density at radius 3 is 2.33 bits per heavy atom. The molecule has 21 heavy (non-hydrogen) atoms. The summed E-state index contributed by atoms with van der Waals surface area (Å²) in [5.41, 5.74) is 8.82. The summed E-state index contributed by atoms with van der Waals surface area (Å²) in [7, 11) is 2.00. The fourth-order valence-corrected chi connectivity index (χ4v) is 3.05. The highest BCUT2D eigenvalue weighted by Gasteiger charge is 2.21. The zero-order valence-corrected chi connectivity index (χ0v) is 13.7. The van der Waals surface area contributed by atoms with Crippen LogP contribution in [-0.4, -0.2) is 23.5 Å². The van der Waals surface area contributed by atoms with Crippen LogP contribution >= 0.6 is 23.2 Å². The van der Waals surface area contributed by atoms with Gasteiger partial charge in [-0.3, -0.25) is 9.88 Å². The topological polar surface area (TPSA) is 42.1 Å². The number of rotatable bonds is 5. The maximum Gasteiger partial charge on any atom is 0.0547 e. The molecule has 2 aromatic rings. The van der Waals surface area contributed by atoms with Crippen molar-refractivity contribution in [1.82, 2.24) is 9.88 Å². The Hall–Kier alpha value is -1.13. The minimum absolute atomic E-state index is 0.0477. The van der Waals surface area contributed by atoms with Gasteiger partial charge in [0, 0.05) is 34.4 Å².